The van der Waals surface area contributed by atoms with Gasteiger partial charge in [-0.1, -0.05) is 176 Å². The molecule has 0 fully saturated rings. The zero-order chi connectivity index (χ0) is 39.3. The molecule has 0 saturated heterocycles. The molecule has 11 rings (SSSR count). The fourth-order valence-corrected chi connectivity index (χ4v) is 9.32. The standard InChI is InChI=1S/C57H36N2/c58-37-42-20-10-11-25-46(42)38-30-32-44(33-31-38)59(43-22-8-3-9-23-43)45-24-14-21-41(36-45)47-34-35-52-55-48(47)28-15-29-51(55)56-53(39-16-4-1-5-17-39)49-26-12-13-27-50(49)54(57(52)56)40-18-6-2-7-19-40/h1-36H. The van der Waals surface area contributed by atoms with Crippen LogP contribution in [-0.2, 0) is 0 Å². The number of hydrogen-bond acceptors (Lipinski definition) is 2. The SMILES string of the molecule is N#Cc1ccccc1-c1ccc(N(c2ccccc2)c2cccc(-c3ccc4c5c(cccc35)-c3c-4c(-c4ccccc4)c4ccccc4c3-c3ccccc3)c2)cc1. The van der Waals surface area contributed by atoms with Gasteiger partial charge in [0.15, 0.2) is 0 Å². The topological polar surface area (TPSA) is 27.0 Å². The van der Waals surface area contributed by atoms with Crippen LogP contribution in [0.25, 0.3) is 88.3 Å². The molecule has 1 aliphatic carbocycles. The molecule has 59 heavy (non-hydrogen) atoms. The first-order valence-electron chi connectivity index (χ1n) is 20.1. The van der Waals surface area contributed by atoms with Gasteiger partial charge in [0.25, 0.3) is 0 Å². The molecule has 274 valence electrons. The van der Waals surface area contributed by atoms with E-state index in [4.69, 9.17) is 0 Å². The van der Waals surface area contributed by atoms with Crippen molar-refractivity contribution >= 4 is 38.6 Å². The molecular weight excluding hydrogens is 713 g/mol. The van der Waals surface area contributed by atoms with Gasteiger partial charge in [-0.2, -0.15) is 5.26 Å². The Kier molecular flexibility index (Phi) is 8.24. The molecule has 0 N–H and O–H groups in total. The Bertz CT molecular complexity index is 3160. The third kappa shape index (κ3) is 5.64. The van der Waals surface area contributed by atoms with E-state index in [1.807, 2.05) is 24.3 Å². The summed E-state index contributed by atoms with van der Waals surface area (Å²) >= 11 is 0. The van der Waals surface area contributed by atoms with Crippen LogP contribution >= 0.6 is 0 Å². The number of rotatable bonds is 7. The number of nitrogens with zero attached hydrogens (tertiary/aromatic N) is 2. The molecule has 0 atom stereocenters. The van der Waals surface area contributed by atoms with E-state index in [0.29, 0.717) is 5.56 Å². The fourth-order valence-electron chi connectivity index (χ4n) is 9.32. The summed E-state index contributed by atoms with van der Waals surface area (Å²) < 4.78 is 0. The molecule has 0 saturated carbocycles. The summed E-state index contributed by atoms with van der Waals surface area (Å²) in [7, 11) is 0. The zero-order valence-electron chi connectivity index (χ0n) is 32.2. The van der Waals surface area contributed by atoms with Gasteiger partial charge in [0.2, 0.25) is 0 Å². The Labute approximate surface area is 344 Å². The van der Waals surface area contributed by atoms with Crippen molar-refractivity contribution in [2.45, 2.75) is 0 Å². The smallest absolute Gasteiger partial charge is 0.0998 e. The highest BCUT2D eigenvalue weighted by atomic mass is 15.1. The Morgan fingerprint density at radius 3 is 1.44 bits per heavy atom. The van der Waals surface area contributed by atoms with Gasteiger partial charge in [-0.15, -0.1) is 0 Å². The molecule has 0 spiro atoms. The summed E-state index contributed by atoms with van der Waals surface area (Å²) in [5.74, 6) is 0. The molecule has 0 radical (unpaired) electrons. The normalized spacial score (nSPS) is 11.4. The van der Waals surface area contributed by atoms with Gasteiger partial charge >= 0.3 is 0 Å². The maximum Gasteiger partial charge on any atom is 0.0998 e. The number of nitriles is 1. The predicted molar refractivity (Wildman–Crippen MR) is 247 cm³/mol. The van der Waals surface area contributed by atoms with Crippen LogP contribution in [0.1, 0.15) is 5.56 Å². The van der Waals surface area contributed by atoms with Crippen molar-refractivity contribution in [2.75, 3.05) is 4.90 Å². The number of benzene rings is 10. The van der Waals surface area contributed by atoms with Gasteiger partial charge in [-0.25, -0.2) is 0 Å². The molecule has 10 aromatic rings. The molecule has 2 nitrogen and oxygen atoms in total. The van der Waals surface area contributed by atoms with E-state index >= 15 is 0 Å². The van der Waals surface area contributed by atoms with Gasteiger partial charge in [-0.05, 0) is 131 Å². The number of hydrogen-bond donors (Lipinski definition) is 0. The number of fused-ring (bicyclic) bond motifs is 4. The minimum absolute atomic E-state index is 0.669. The van der Waals surface area contributed by atoms with Crippen LogP contribution in [0.5, 0.6) is 0 Å². The fraction of sp³-hybridized carbons (Fsp3) is 0. The molecular formula is C57H36N2. The molecule has 2 heteroatoms. The Morgan fingerprint density at radius 2 is 0.780 bits per heavy atom. The Balaban J connectivity index is 1.10. The van der Waals surface area contributed by atoms with E-state index in [9.17, 15) is 5.26 Å². The minimum atomic E-state index is 0.669. The summed E-state index contributed by atoms with van der Waals surface area (Å²) in [6, 6.07) is 80.4. The lowest BCUT2D eigenvalue weighted by Crippen LogP contribution is -2.09. The van der Waals surface area contributed by atoms with Crippen LogP contribution in [0.15, 0.2) is 218 Å². The van der Waals surface area contributed by atoms with Crippen molar-refractivity contribution in [3.05, 3.63) is 224 Å². The van der Waals surface area contributed by atoms with Crippen molar-refractivity contribution < 1.29 is 0 Å². The molecule has 0 unspecified atom stereocenters. The largest absolute Gasteiger partial charge is 0.310 e. The summed E-state index contributed by atoms with van der Waals surface area (Å²) in [6.07, 6.45) is 0. The van der Waals surface area contributed by atoms with Gasteiger partial charge in [-0.3, -0.25) is 0 Å². The third-order valence-corrected chi connectivity index (χ3v) is 11.8. The van der Waals surface area contributed by atoms with Gasteiger partial charge in [0.1, 0.15) is 0 Å². The number of anilines is 3. The molecule has 0 amide bonds. The zero-order valence-corrected chi connectivity index (χ0v) is 32.2. The third-order valence-electron chi connectivity index (χ3n) is 11.8. The van der Waals surface area contributed by atoms with Gasteiger partial charge < -0.3 is 4.90 Å². The second kappa shape index (κ2) is 14.2. The first-order chi connectivity index (χ1) is 29.3. The van der Waals surface area contributed by atoms with Gasteiger partial charge in [0.05, 0.1) is 11.6 Å². The molecule has 10 aromatic carbocycles. The summed E-state index contributed by atoms with van der Waals surface area (Å²) in [6.45, 7) is 0. The van der Waals surface area contributed by atoms with E-state index in [2.05, 4.69) is 205 Å². The van der Waals surface area contributed by atoms with E-state index in [1.165, 1.54) is 71.6 Å². The van der Waals surface area contributed by atoms with Crippen molar-refractivity contribution in [3.63, 3.8) is 0 Å². The van der Waals surface area contributed by atoms with E-state index < -0.39 is 0 Å². The van der Waals surface area contributed by atoms with E-state index in [-0.39, 0.29) is 0 Å². The lowest BCUT2D eigenvalue weighted by molar-refractivity contribution is 1.28. The van der Waals surface area contributed by atoms with Crippen LogP contribution < -0.4 is 4.90 Å². The summed E-state index contributed by atoms with van der Waals surface area (Å²) in [4.78, 5) is 2.31. The average Bonchev–Trinajstić information content (AvgIpc) is 3.64. The predicted octanol–water partition coefficient (Wildman–Crippen LogP) is 15.6. The first kappa shape index (κ1) is 34.3. The second-order valence-electron chi connectivity index (χ2n) is 15.1. The lowest BCUT2D eigenvalue weighted by Gasteiger charge is -2.26. The molecule has 0 aromatic heterocycles. The van der Waals surface area contributed by atoms with Crippen molar-refractivity contribution in [1.29, 1.82) is 5.26 Å². The van der Waals surface area contributed by atoms with Crippen molar-refractivity contribution in [2.24, 2.45) is 0 Å². The minimum Gasteiger partial charge on any atom is -0.310 e. The Hall–Kier alpha value is -7.99. The highest BCUT2D eigenvalue weighted by molar-refractivity contribution is 6.28. The second-order valence-corrected chi connectivity index (χ2v) is 15.1. The lowest BCUT2D eigenvalue weighted by atomic mass is 9.82. The maximum atomic E-state index is 9.79. The number of para-hydroxylation sites is 1. The molecule has 0 heterocycles. The van der Waals surface area contributed by atoms with Crippen LogP contribution in [0, 0.1) is 11.3 Å². The van der Waals surface area contributed by atoms with Crippen LogP contribution in [-0.4, -0.2) is 0 Å². The monoisotopic (exact) mass is 748 g/mol. The average molecular weight is 749 g/mol. The van der Waals surface area contributed by atoms with Crippen molar-refractivity contribution in [1.82, 2.24) is 0 Å². The molecule has 1 aliphatic rings. The quantitative estimate of drug-likeness (QED) is 0.162. The molecule has 0 bridgehead atoms. The highest BCUT2D eigenvalue weighted by Gasteiger charge is 2.31. The highest BCUT2D eigenvalue weighted by Crippen LogP contribution is 2.58. The van der Waals surface area contributed by atoms with Gasteiger partial charge in [0, 0.05) is 17.1 Å². The Morgan fingerprint density at radius 1 is 0.305 bits per heavy atom. The maximum absolute atomic E-state index is 9.79. The summed E-state index contributed by atoms with van der Waals surface area (Å²) in [5, 5.41) is 14.8. The van der Waals surface area contributed by atoms with Crippen LogP contribution in [0.2, 0.25) is 0 Å². The summed E-state index contributed by atoms with van der Waals surface area (Å²) in [5.41, 5.74) is 18.3. The first-order valence-corrected chi connectivity index (χ1v) is 20.1. The molecule has 0 aliphatic heterocycles. The van der Waals surface area contributed by atoms with Crippen LogP contribution in [0.3, 0.4) is 0 Å². The van der Waals surface area contributed by atoms with Crippen molar-refractivity contribution in [3.8, 4) is 72.8 Å². The van der Waals surface area contributed by atoms with Crippen LogP contribution in [0.4, 0.5) is 17.1 Å². The van der Waals surface area contributed by atoms with E-state index in [1.54, 1.807) is 0 Å². The van der Waals surface area contributed by atoms with E-state index in [0.717, 1.165) is 33.8 Å².